The molecule has 0 aliphatic heterocycles. The Hall–Kier alpha value is -1.63. The summed E-state index contributed by atoms with van der Waals surface area (Å²) in [5.41, 5.74) is 0.107. The van der Waals surface area contributed by atoms with E-state index in [4.69, 9.17) is 0 Å². The van der Waals surface area contributed by atoms with E-state index in [0.717, 1.165) is 25.2 Å². The Bertz CT molecular complexity index is 613. The lowest BCUT2D eigenvalue weighted by Crippen LogP contribution is -2.30. The summed E-state index contributed by atoms with van der Waals surface area (Å²) in [6.45, 7) is 0. The summed E-state index contributed by atoms with van der Waals surface area (Å²) < 4.78 is 37.1. The molecule has 1 aliphatic carbocycles. The van der Waals surface area contributed by atoms with Crippen LogP contribution in [0.2, 0.25) is 0 Å². The molecule has 0 spiro atoms. The lowest BCUT2D eigenvalue weighted by atomic mass is 10.0. The third-order valence-corrected chi connectivity index (χ3v) is 3.21. The minimum Gasteiger partial charge on any atom is -0.508 e. The van der Waals surface area contributed by atoms with Crippen molar-refractivity contribution in [3.8, 4) is 5.75 Å². The van der Waals surface area contributed by atoms with Crippen LogP contribution in [-0.4, -0.2) is 25.7 Å². The molecule has 1 saturated carbocycles. The van der Waals surface area contributed by atoms with Gasteiger partial charge in [-0.25, -0.2) is 17.5 Å². The average molecular weight is 275 g/mol. The van der Waals surface area contributed by atoms with E-state index in [9.17, 15) is 22.7 Å². The van der Waals surface area contributed by atoms with E-state index in [1.54, 1.807) is 4.72 Å². The van der Waals surface area contributed by atoms with Gasteiger partial charge in [-0.3, -0.25) is 4.79 Å². The fourth-order valence-electron chi connectivity index (χ4n) is 1.70. The molecule has 1 fully saturated rings. The number of hydrogen-bond donors (Lipinski definition) is 2. The Labute approximate surface area is 105 Å². The van der Waals surface area contributed by atoms with Gasteiger partial charge < -0.3 is 5.11 Å². The number of phenolic OH excluding ortho intramolecular Hbond substituents is 1. The van der Waals surface area contributed by atoms with Crippen LogP contribution in [0, 0.1) is 5.82 Å². The monoisotopic (exact) mass is 275 g/mol. The molecule has 0 aromatic heterocycles. The van der Waals surface area contributed by atoms with Crippen molar-refractivity contribution in [2.75, 3.05) is 6.26 Å². The Morgan fingerprint density at radius 1 is 1.50 bits per heavy atom. The van der Waals surface area contributed by atoms with E-state index >= 15 is 0 Å². The minimum atomic E-state index is -3.74. The maximum atomic E-state index is 13.5. The van der Waals surface area contributed by atoms with Crippen LogP contribution in [0.15, 0.2) is 12.1 Å². The van der Waals surface area contributed by atoms with Gasteiger partial charge in [0.05, 0.1) is 11.8 Å². The molecule has 2 N–H and O–H groups in total. The standard InChI is InChI=1S/C11H12FNO4S.H2/c1-18(16,17)13-11(15)8-4-7(6-2-3-6)10(14)5-9(8)12;/h4-6,14H,2-3H2,1H3,(H,13,15);1H. The molecule has 1 aromatic carbocycles. The first-order valence-electron chi connectivity index (χ1n) is 5.32. The summed E-state index contributed by atoms with van der Waals surface area (Å²) >= 11 is 0. The second-order valence-electron chi connectivity index (χ2n) is 4.37. The zero-order chi connectivity index (χ0) is 13.5. The van der Waals surface area contributed by atoms with Gasteiger partial charge in [-0.15, -0.1) is 0 Å². The van der Waals surface area contributed by atoms with E-state index in [1.165, 1.54) is 6.07 Å². The molecule has 5 nitrogen and oxygen atoms in total. The van der Waals surface area contributed by atoms with Crippen molar-refractivity contribution in [3.63, 3.8) is 0 Å². The van der Waals surface area contributed by atoms with Gasteiger partial charge in [0.15, 0.2) is 0 Å². The van der Waals surface area contributed by atoms with Gasteiger partial charge in [0.1, 0.15) is 11.6 Å². The number of nitrogens with one attached hydrogen (secondary N) is 1. The number of amides is 1. The van der Waals surface area contributed by atoms with Crippen molar-refractivity contribution in [1.82, 2.24) is 4.72 Å². The number of halogens is 1. The molecule has 0 radical (unpaired) electrons. The average Bonchev–Trinajstić information content (AvgIpc) is 2.98. The lowest BCUT2D eigenvalue weighted by molar-refractivity contribution is 0.0977. The van der Waals surface area contributed by atoms with E-state index in [2.05, 4.69) is 0 Å². The van der Waals surface area contributed by atoms with Crippen LogP contribution >= 0.6 is 0 Å². The lowest BCUT2D eigenvalue weighted by Gasteiger charge is -2.08. The van der Waals surface area contributed by atoms with Gasteiger partial charge in [-0.2, -0.15) is 0 Å². The molecular weight excluding hydrogens is 261 g/mol. The molecule has 0 atom stereocenters. The van der Waals surface area contributed by atoms with Crippen molar-refractivity contribution in [2.45, 2.75) is 18.8 Å². The smallest absolute Gasteiger partial charge is 0.267 e. The Kier molecular flexibility index (Phi) is 3.02. The zero-order valence-corrected chi connectivity index (χ0v) is 10.4. The van der Waals surface area contributed by atoms with Gasteiger partial charge in [0.2, 0.25) is 10.0 Å². The number of carbonyl (C=O) groups excluding carboxylic acids is 1. The maximum Gasteiger partial charge on any atom is 0.267 e. The van der Waals surface area contributed by atoms with Crippen molar-refractivity contribution in [2.24, 2.45) is 0 Å². The van der Waals surface area contributed by atoms with Crippen LogP contribution in [0.3, 0.4) is 0 Å². The van der Waals surface area contributed by atoms with Gasteiger partial charge >= 0.3 is 0 Å². The summed E-state index contributed by atoms with van der Waals surface area (Å²) in [7, 11) is -3.74. The highest BCUT2D eigenvalue weighted by molar-refractivity contribution is 7.89. The summed E-state index contributed by atoms with van der Waals surface area (Å²) in [6, 6.07) is 2.05. The van der Waals surface area contributed by atoms with Gasteiger partial charge in [0, 0.05) is 7.49 Å². The highest BCUT2D eigenvalue weighted by atomic mass is 32.2. The number of aromatic hydroxyl groups is 1. The highest BCUT2D eigenvalue weighted by Crippen LogP contribution is 2.44. The predicted octanol–water partition coefficient (Wildman–Crippen LogP) is 1.34. The predicted molar refractivity (Wildman–Crippen MR) is 64.5 cm³/mol. The number of phenols is 1. The fraction of sp³-hybridized carbons (Fsp3) is 0.364. The third kappa shape index (κ3) is 2.79. The molecule has 0 bridgehead atoms. The van der Waals surface area contributed by atoms with E-state index in [0.29, 0.717) is 5.56 Å². The van der Waals surface area contributed by atoms with Crippen molar-refractivity contribution < 1.29 is 24.1 Å². The number of rotatable bonds is 3. The SMILES string of the molecule is CS(=O)(=O)NC(=O)c1cc(C2CC2)c(O)cc1F.[HH]. The van der Waals surface area contributed by atoms with Crippen LogP contribution < -0.4 is 4.72 Å². The first-order valence-corrected chi connectivity index (χ1v) is 7.21. The molecule has 1 aliphatic rings. The molecule has 100 valence electrons. The molecule has 0 heterocycles. The molecule has 1 aromatic rings. The normalized spacial score (nSPS) is 15.4. The van der Waals surface area contributed by atoms with Crippen LogP contribution in [-0.2, 0) is 10.0 Å². The van der Waals surface area contributed by atoms with Gasteiger partial charge in [-0.05, 0) is 30.4 Å². The fourth-order valence-corrected chi connectivity index (χ4v) is 2.14. The Balaban J connectivity index is 0.00000180. The summed E-state index contributed by atoms with van der Waals surface area (Å²) in [5, 5.41) is 9.55. The molecule has 18 heavy (non-hydrogen) atoms. The minimum absolute atomic E-state index is 0. The summed E-state index contributed by atoms with van der Waals surface area (Å²) in [5.74, 6) is -2.06. The quantitative estimate of drug-likeness (QED) is 0.872. The molecule has 0 saturated heterocycles. The second kappa shape index (κ2) is 4.24. The van der Waals surface area contributed by atoms with E-state index in [-0.39, 0.29) is 18.7 Å². The first kappa shape index (κ1) is 12.8. The molecule has 7 heteroatoms. The van der Waals surface area contributed by atoms with Crippen LogP contribution in [0.25, 0.3) is 0 Å². The van der Waals surface area contributed by atoms with Crippen LogP contribution in [0.5, 0.6) is 5.75 Å². The maximum absolute atomic E-state index is 13.5. The van der Waals surface area contributed by atoms with Crippen molar-refractivity contribution in [3.05, 3.63) is 29.1 Å². The zero-order valence-electron chi connectivity index (χ0n) is 9.60. The van der Waals surface area contributed by atoms with Gasteiger partial charge in [-0.1, -0.05) is 0 Å². The highest BCUT2D eigenvalue weighted by Gasteiger charge is 2.29. The number of carbonyl (C=O) groups is 1. The number of sulfonamides is 1. The Morgan fingerprint density at radius 3 is 2.61 bits per heavy atom. The number of hydrogen-bond acceptors (Lipinski definition) is 4. The summed E-state index contributed by atoms with van der Waals surface area (Å²) in [4.78, 5) is 11.6. The second-order valence-corrected chi connectivity index (χ2v) is 6.12. The molecule has 2 rings (SSSR count). The van der Waals surface area contributed by atoms with Gasteiger partial charge in [0.25, 0.3) is 5.91 Å². The van der Waals surface area contributed by atoms with E-state index < -0.39 is 21.7 Å². The molecule has 0 unspecified atom stereocenters. The first-order chi connectivity index (χ1) is 8.28. The van der Waals surface area contributed by atoms with E-state index in [1.807, 2.05) is 0 Å². The molecular formula is C11H14FNO4S. The largest absolute Gasteiger partial charge is 0.508 e. The van der Waals surface area contributed by atoms with Crippen LogP contribution in [0.4, 0.5) is 4.39 Å². The molecule has 1 amide bonds. The topological polar surface area (TPSA) is 83.5 Å². The van der Waals surface area contributed by atoms with Crippen molar-refractivity contribution in [1.29, 1.82) is 0 Å². The Morgan fingerprint density at radius 2 is 2.11 bits per heavy atom. The third-order valence-electron chi connectivity index (χ3n) is 2.66. The summed E-state index contributed by atoms with van der Waals surface area (Å²) in [6.07, 6.45) is 2.55. The number of benzene rings is 1. The van der Waals surface area contributed by atoms with Crippen molar-refractivity contribution >= 4 is 15.9 Å². The van der Waals surface area contributed by atoms with Crippen LogP contribution in [0.1, 0.15) is 36.1 Å².